The van der Waals surface area contributed by atoms with Gasteiger partial charge in [-0.25, -0.2) is 0 Å². The average molecular weight is 364 g/mol. The normalized spacial score (nSPS) is 15.9. The van der Waals surface area contributed by atoms with Crippen molar-refractivity contribution >= 4 is 11.8 Å². The van der Waals surface area contributed by atoms with Crippen LogP contribution in [0.15, 0.2) is 18.2 Å². The second kappa shape index (κ2) is 8.37. The molecule has 0 radical (unpaired) electrons. The molecule has 0 spiro atoms. The lowest BCUT2D eigenvalue weighted by molar-refractivity contribution is -0.144. The van der Waals surface area contributed by atoms with Crippen LogP contribution in [0.3, 0.4) is 0 Å². The zero-order valence-corrected chi connectivity index (χ0v) is 15.0. The van der Waals surface area contributed by atoms with Crippen molar-refractivity contribution in [1.29, 1.82) is 0 Å². The zero-order valence-electron chi connectivity index (χ0n) is 15.0. The maximum Gasteiger partial charge on any atom is 0.254 e. The Morgan fingerprint density at radius 1 is 1.19 bits per heavy atom. The molecule has 2 aliphatic heterocycles. The number of nitrogens with zero attached hydrogens (tertiary/aromatic N) is 1. The molecule has 0 aliphatic carbocycles. The Morgan fingerprint density at radius 3 is 2.58 bits per heavy atom. The second-order valence-corrected chi connectivity index (χ2v) is 6.06. The van der Waals surface area contributed by atoms with Crippen LogP contribution in [-0.4, -0.2) is 62.6 Å². The molecule has 1 N–H and O–H groups in total. The molecule has 1 fully saturated rings. The minimum absolute atomic E-state index is 0.0934. The van der Waals surface area contributed by atoms with E-state index in [9.17, 15) is 9.59 Å². The van der Waals surface area contributed by atoms with E-state index in [1.165, 1.54) is 0 Å². The van der Waals surface area contributed by atoms with Gasteiger partial charge in [-0.15, -0.1) is 0 Å². The van der Waals surface area contributed by atoms with Crippen molar-refractivity contribution in [1.82, 2.24) is 10.2 Å². The highest BCUT2D eigenvalue weighted by Crippen LogP contribution is 2.33. The van der Waals surface area contributed by atoms with E-state index in [4.69, 9.17) is 18.9 Å². The highest BCUT2D eigenvalue weighted by Gasteiger charge is 2.36. The molecule has 26 heavy (non-hydrogen) atoms. The van der Waals surface area contributed by atoms with Crippen LogP contribution in [0.1, 0.15) is 24.2 Å². The van der Waals surface area contributed by atoms with Crippen LogP contribution in [0.5, 0.6) is 11.5 Å². The first kappa shape index (κ1) is 18.5. The number of carbonyl (C=O) groups excluding carboxylic acids is 2. The number of hydrogen-bond donors (Lipinski definition) is 1. The summed E-state index contributed by atoms with van der Waals surface area (Å²) in [6, 6.07) is 5.10. The van der Waals surface area contributed by atoms with E-state index in [2.05, 4.69) is 5.32 Å². The summed E-state index contributed by atoms with van der Waals surface area (Å²) in [5, 5.41) is 2.82. The second-order valence-electron chi connectivity index (χ2n) is 6.06. The molecule has 3 rings (SSSR count). The standard InChI is InChI=1S/C18H24N2O6/c1-3-23-16(24-4-2)8-19-17(21)13-9-20(10-13)18(22)12-5-6-14-15(7-12)26-11-25-14/h5-7,13,16H,3-4,8-11H2,1-2H3,(H,19,21). The molecule has 0 saturated carbocycles. The number of benzene rings is 1. The molecule has 0 unspecified atom stereocenters. The fraction of sp³-hybridized carbons (Fsp3) is 0.556. The zero-order chi connectivity index (χ0) is 18.5. The molecular formula is C18H24N2O6. The third kappa shape index (κ3) is 4.08. The van der Waals surface area contributed by atoms with Gasteiger partial charge in [-0.3, -0.25) is 9.59 Å². The molecule has 8 nitrogen and oxygen atoms in total. The number of likely N-dealkylation sites (tertiary alicyclic amines) is 1. The topological polar surface area (TPSA) is 86.3 Å². The van der Waals surface area contributed by atoms with Crippen molar-refractivity contribution in [2.75, 3.05) is 39.6 Å². The van der Waals surface area contributed by atoms with Crippen LogP contribution in [0, 0.1) is 5.92 Å². The van der Waals surface area contributed by atoms with Crippen LogP contribution in [0.4, 0.5) is 0 Å². The molecule has 142 valence electrons. The smallest absolute Gasteiger partial charge is 0.254 e. The monoisotopic (exact) mass is 364 g/mol. The number of carbonyl (C=O) groups is 2. The summed E-state index contributed by atoms with van der Waals surface area (Å²) in [5.74, 6) is 0.791. The third-order valence-corrected chi connectivity index (χ3v) is 4.31. The lowest BCUT2D eigenvalue weighted by Crippen LogP contribution is -2.56. The fourth-order valence-electron chi connectivity index (χ4n) is 2.89. The summed E-state index contributed by atoms with van der Waals surface area (Å²) >= 11 is 0. The number of ether oxygens (including phenoxy) is 4. The molecule has 1 aromatic carbocycles. The van der Waals surface area contributed by atoms with Crippen LogP contribution < -0.4 is 14.8 Å². The summed E-state index contributed by atoms with van der Waals surface area (Å²) in [6.45, 7) is 6.04. The Kier molecular flexibility index (Phi) is 5.95. The molecule has 0 atom stereocenters. The van der Waals surface area contributed by atoms with Crippen molar-refractivity contribution in [3.8, 4) is 11.5 Å². The maximum absolute atomic E-state index is 12.5. The third-order valence-electron chi connectivity index (χ3n) is 4.31. The van der Waals surface area contributed by atoms with Gasteiger partial charge in [-0.2, -0.15) is 0 Å². The largest absolute Gasteiger partial charge is 0.454 e. The predicted octanol–water partition coefficient (Wildman–Crippen LogP) is 1.00. The van der Waals surface area contributed by atoms with E-state index < -0.39 is 6.29 Å². The Bertz CT molecular complexity index is 653. The highest BCUT2D eigenvalue weighted by molar-refractivity contribution is 5.96. The van der Waals surface area contributed by atoms with Crippen LogP contribution in [-0.2, 0) is 14.3 Å². The number of nitrogens with one attached hydrogen (secondary N) is 1. The molecule has 2 amide bonds. The first-order valence-electron chi connectivity index (χ1n) is 8.82. The number of hydrogen-bond acceptors (Lipinski definition) is 6. The van der Waals surface area contributed by atoms with E-state index >= 15 is 0 Å². The Hall–Kier alpha value is -2.32. The van der Waals surface area contributed by atoms with Crippen molar-refractivity contribution in [3.05, 3.63) is 23.8 Å². The Labute approximate surface area is 152 Å². The van der Waals surface area contributed by atoms with Crippen molar-refractivity contribution in [2.24, 2.45) is 5.92 Å². The summed E-state index contributed by atoms with van der Waals surface area (Å²) in [7, 11) is 0. The summed E-state index contributed by atoms with van der Waals surface area (Å²) in [6.07, 6.45) is -0.444. The van der Waals surface area contributed by atoms with E-state index in [1.807, 2.05) is 13.8 Å². The summed E-state index contributed by atoms with van der Waals surface area (Å²) in [5.41, 5.74) is 0.529. The summed E-state index contributed by atoms with van der Waals surface area (Å²) in [4.78, 5) is 26.3. The van der Waals surface area contributed by atoms with Crippen LogP contribution in [0.25, 0.3) is 0 Å². The van der Waals surface area contributed by atoms with Crippen molar-refractivity contribution in [2.45, 2.75) is 20.1 Å². The quantitative estimate of drug-likeness (QED) is 0.693. The van der Waals surface area contributed by atoms with Gasteiger partial charge in [0, 0.05) is 31.9 Å². The van der Waals surface area contributed by atoms with Crippen LogP contribution >= 0.6 is 0 Å². The van der Waals surface area contributed by atoms with E-state index in [0.29, 0.717) is 49.9 Å². The van der Waals surface area contributed by atoms with Crippen molar-refractivity contribution in [3.63, 3.8) is 0 Å². The molecule has 2 aliphatic rings. The minimum Gasteiger partial charge on any atom is -0.454 e. The number of fused-ring (bicyclic) bond motifs is 1. The first-order valence-corrected chi connectivity index (χ1v) is 8.82. The van der Waals surface area contributed by atoms with Gasteiger partial charge in [-0.05, 0) is 32.0 Å². The highest BCUT2D eigenvalue weighted by atomic mass is 16.7. The molecular weight excluding hydrogens is 340 g/mol. The molecule has 1 saturated heterocycles. The van der Waals surface area contributed by atoms with Crippen LogP contribution in [0.2, 0.25) is 0 Å². The Balaban J connectivity index is 1.46. The van der Waals surface area contributed by atoms with Gasteiger partial charge in [0.25, 0.3) is 5.91 Å². The van der Waals surface area contributed by atoms with Gasteiger partial charge in [0.2, 0.25) is 12.7 Å². The van der Waals surface area contributed by atoms with Gasteiger partial charge in [0.1, 0.15) is 0 Å². The average Bonchev–Trinajstić information content (AvgIpc) is 3.06. The minimum atomic E-state index is -0.444. The van der Waals surface area contributed by atoms with Crippen molar-refractivity contribution < 1.29 is 28.5 Å². The Morgan fingerprint density at radius 2 is 1.88 bits per heavy atom. The van der Waals surface area contributed by atoms with E-state index in [-0.39, 0.29) is 24.5 Å². The number of rotatable bonds is 8. The van der Waals surface area contributed by atoms with Gasteiger partial charge < -0.3 is 29.2 Å². The molecule has 8 heteroatoms. The SMILES string of the molecule is CCOC(CNC(=O)C1CN(C(=O)c2ccc3c(c2)OCO3)C1)OCC. The lowest BCUT2D eigenvalue weighted by atomic mass is 9.97. The molecule has 2 heterocycles. The van der Waals surface area contributed by atoms with E-state index in [1.54, 1.807) is 23.1 Å². The lowest BCUT2D eigenvalue weighted by Gasteiger charge is -2.38. The maximum atomic E-state index is 12.5. The molecule has 1 aromatic rings. The van der Waals surface area contributed by atoms with Gasteiger partial charge in [0.05, 0.1) is 12.5 Å². The molecule has 0 bridgehead atoms. The van der Waals surface area contributed by atoms with Gasteiger partial charge >= 0.3 is 0 Å². The molecule has 0 aromatic heterocycles. The fourth-order valence-corrected chi connectivity index (χ4v) is 2.89. The predicted molar refractivity (Wildman–Crippen MR) is 92.0 cm³/mol. The van der Waals surface area contributed by atoms with E-state index in [0.717, 1.165) is 0 Å². The van der Waals surface area contributed by atoms with Gasteiger partial charge in [0.15, 0.2) is 17.8 Å². The first-order chi connectivity index (χ1) is 12.6. The summed E-state index contributed by atoms with van der Waals surface area (Å²) < 4.78 is 21.3. The number of amides is 2. The van der Waals surface area contributed by atoms with Gasteiger partial charge in [-0.1, -0.05) is 0 Å².